The number of ether oxygens (including phenoxy) is 1. The summed E-state index contributed by atoms with van der Waals surface area (Å²) < 4.78 is 5.68. The van der Waals surface area contributed by atoms with Crippen molar-refractivity contribution in [2.45, 2.75) is 32.1 Å². The molecule has 1 aliphatic heterocycles. The number of nitrogens with zero attached hydrogens (tertiary/aromatic N) is 3. The number of aryl methyl sites for hydroxylation is 2. The fourth-order valence-corrected chi connectivity index (χ4v) is 3.95. The molecule has 0 saturated carbocycles. The van der Waals surface area contributed by atoms with Gasteiger partial charge in [0.15, 0.2) is 0 Å². The summed E-state index contributed by atoms with van der Waals surface area (Å²) >= 11 is 0. The summed E-state index contributed by atoms with van der Waals surface area (Å²) in [6.45, 7) is 6.59. The van der Waals surface area contributed by atoms with Crippen LogP contribution < -0.4 is 10.2 Å². The van der Waals surface area contributed by atoms with E-state index in [4.69, 9.17) is 9.72 Å². The number of nitrogens with one attached hydrogen (secondary N) is 2. The second-order valence-electron chi connectivity index (χ2n) is 8.09. The number of hydrogen-bond acceptors (Lipinski definition) is 5. The smallest absolute Gasteiger partial charge is 0.228 e. The van der Waals surface area contributed by atoms with E-state index in [1.54, 1.807) is 0 Å². The van der Waals surface area contributed by atoms with Crippen molar-refractivity contribution in [3.05, 3.63) is 47.2 Å². The molecule has 0 spiro atoms. The van der Waals surface area contributed by atoms with Crippen molar-refractivity contribution in [2.75, 3.05) is 44.1 Å². The van der Waals surface area contributed by atoms with E-state index in [0.717, 1.165) is 55.1 Å². The zero-order valence-electron chi connectivity index (χ0n) is 17.2. The molecule has 0 bridgehead atoms. The van der Waals surface area contributed by atoms with E-state index in [2.05, 4.69) is 52.5 Å². The number of hydrogen-bond donors (Lipinski definition) is 2. The molecule has 1 aliphatic rings. The zero-order valence-corrected chi connectivity index (χ0v) is 17.2. The Morgan fingerprint density at radius 3 is 2.50 bits per heavy atom. The van der Waals surface area contributed by atoms with Gasteiger partial charge in [-0.05, 0) is 38.3 Å². The first-order chi connectivity index (χ1) is 13.5. The van der Waals surface area contributed by atoms with Crippen LogP contribution in [0.2, 0.25) is 0 Å². The van der Waals surface area contributed by atoms with E-state index in [1.807, 2.05) is 25.9 Å². The van der Waals surface area contributed by atoms with Crippen LogP contribution in [0, 0.1) is 13.8 Å². The van der Waals surface area contributed by atoms with Gasteiger partial charge in [0.05, 0.1) is 5.39 Å². The summed E-state index contributed by atoms with van der Waals surface area (Å²) in [5.41, 5.74) is 4.66. The second kappa shape index (κ2) is 7.43. The highest BCUT2D eigenvalue weighted by atomic mass is 16.5. The van der Waals surface area contributed by atoms with Crippen LogP contribution in [-0.4, -0.2) is 48.8 Å². The average Bonchev–Trinajstić information content (AvgIpc) is 3.07. The van der Waals surface area contributed by atoms with Crippen LogP contribution in [0.4, 0.5) is 11.8 Å². The third-order valence-corrected chi connectivity index (χ3v) is 5.72. The van der Waals surface area contributed by atoms with Crippen molar-refractivity contribution >= 4 is 22.8 Å². The molecule has 0 radical (unpaired) electrons. The summed E-state index contributed by atoms with van der Waals surface area (Å²) in [6, 6.07) is 11.1. The Morgan fingerprint density at radius 2 is 1.82 bits per heavy atom. The lowest BCUT2D eigenvalue weighted by Crippen LogP contribution is -2.40. The van der Waals surface area contributed by atoms with Crippen LogP contribution in [0.1, 0.15) is 29.7 Å². The molecule has 2 aromatic heterocycles. The molecular formula is C22H29N5O. The molecule has 1 saturated heterocycles. The minimum Gasteiger partial charge on any atom is -0.381 e. The van der Waals surface area contributed by atoms with Gasteiger partial charge in [-0.15, -0.1) is 0 Å². The fraction of sp³-hybridized carbons (Fsp3) is 0.455. The molecule has 1 aromatic carbocycles. The lowest BCUT2D eigenvalue weighted by Gasteiger charge is -2.38. The fourth-order valence-electron chi connectivity index (χ4n) is 3.95. The van der Waals surface area contributed by atoms with Gasteiger partial charge in [0.1, 0.15) is 11.5 Å². The van der Waals surface area contributed by atoms with Gasteiger partial charge in [0, 0.05) is 45.0 Å². The van der Waals surface area contributed by atoms with Gasteiger partial charge in [0.2, 0.25) is 5.95 Å². The van der Waals surface area contributed by atoms with Crippen LogP contribution >= 0.6 is 0 Å². The number of anilines is 2. The van der Waals surface area contributed by atoms with Crippen molar-refractivity contribution in [1.82, 2.24) is 15.0 Å². The predicted octanol–water partition coefficient (Wildman–Crippen LogP) is 3.80. The van der Waals surface area contributed by atoms with Crippen molar-refractivity contribution in [3.8, 4) is 0 Å². The minimum atomic E-state index is 0.0485. The predicted molar refractivity (Wildman–Crippen MR) is 114 cm³/mol. The van der Waals surface area contributed by atoms with Gasteiger partial charge in [-0.1, -0.05) is 29.8 Å². The SMILES string of the molecule is Cc1ccc(C2(CNc3nc(N(C)C)nc4[nH]c(C)cc34)CCOCC2)cc1. The molecule has 3 heterocycles. The summed E-state index contributed by atoms with van der Waals surface area (Å²) in [4.78, 5) is 14.7. The summed E-state index contributed by atoms with van der Waals surface area (Å²) in [5, 5.41) is 4.70. The summed E-state index contributed by atoms with van der Waals surface area (Å²) in [5.74, 6) is 1.59. The van der Waals surface area contributed by atoms with Gasteiger partial charge in [0.25, 0.3) is 0 Å². The Kier molecular flexibility index (Phi) is 4.98. The summed E-state index contributed by atoms with van der Waals surface area (Å²) in [6.07, 6.45) is 2.01. The Hall–Kier alpha value is -2.60. The molecule has 148 valence electrons. The quantitative estimate of drug-likeness (QED) is 0.706. The highest BCUT2D eigenvalue weighted by Gasteiger charge is 2.34. The van der Waals surface area contributed by atoms with E-state index >= 15 is 0 Å². The zero-order chi connectivity index (χ0) is 19.7. The maximum atomic E-state index is 5.68. The van der Waals surface area contributed by atoms with Crippen LogP contribution in [0.15, 0.2) is 30.3 Å². The molecule has 0 aliphatic carbocycles. The minimum absolute atomic E-state index is 0.0485. The first-order valence-corrected chi connectivity index (χ1v) is 9.90. The van der Waals surface area contributed by atoms with Crippen LogP contribution in [0.25, 0.3) is 11.0 Å². The number of rotatable bonds is 5. The highest BCUT2D eigenvalue weighted by Crippen LogP contribution is 2.36. The summed E-state index contributed by atoms with van der Waals surface area (Å²) in [7, 11) is 3.93. The maximum Gasteiger partial charge on any atom is 0.228 e. The number of fused-ring (bicyclic) bond motifs is 1. The molecule has 3 aromatic rings. The highest BCUT2D eigenvalue weighted by molar-refractivity contribution is 5.89. The number of aromatic nitrogens is 3. The van der Waals surface area contributed by atoms with E-state index < -0.39 is 0 Å². The molecular weight excluding hydrogens is 350 g/mol. The van der Waals surface area contributed by atoms with Crippen LogP contribution in [0.5, 0.6) is 0 Å². The van der Waals surface area contributed by atoms with Gasteiger partial charge in [-0.3, -0.25) is 0 Å². The Bertz CT molecular complexity index is 955. The average molecular weight is 380 g/mol. The molecule has 1 fully saturated rings. The molecule has 4 rings (SSSR count). The molecule has 6 heteroatoms. The Balaban J connectivity index is 1.68. The van der Waals surface area contributed by atoms with Crippen LogP contribution in [-0.2, 0) is 10.2 Å². The second-order valence-corrected chi connectivity index (χ2v) is 8.09. The Morgan fingerprint density at radius 1 is 1.11 bits per heavy atom. The van der Waals surface area contributed by atoms with Crippen molar-refractivity contribution in [3.63, 3.8) is 0 Å². The molecule has 2 N–H and O–H groups in total. The van der Waals surface area contributed by atoms with E-state index in [9.17, 15) is 0 Å². The third-order valence-electron chi connectivity index (χ3n) is 5.72. The molecule has 0 atom stereocenters. The lowest BCUT2D eigenvalue weighted by molar-refractivity contribution is 0.0544. The standard InChI is InChI=1S/C22H29N5O/c1-15-5-7-17(8-6-15)22(9-11-28-12-10-22)14-23-19-18-13-16(2)24-20(18)26-21(25-19)27(3)4/h5-8,13H,9-12,14H2,1-4H3,(H2,23,24,25,26). The number of benzene rings is 1. The van der Waals surface area contributed by atoms with Crippen LogP contribution in [0.3, 0.4) is 0 Å². The largest absolute Gasteiger partial charge is 0.381 e. The molecule has 0 unspecified atom stereocenters. The number of aromatic amines is 1. The Labute approximate surface area is 166 Å². The van der Waals surface area contributed by atoms with Gasteiger partial charge in [-0.2, -0.15) is 9.97 Å². The van der Waals surface area contributed by atoms with E-state index in [-0.39, 0.29) is 5.41 Å². The van der Waals surface area contributed by atoms with Gasteiger partial charge < -0.3 is 19.9 Å². The lowest BCUT2D eigenvalue weighted by atomic mass is 9.74. The third kappa shape index (κ3) is 3.56. The van der Waals surface area contributed by atoms with Crippen molar-refractivity contribution in [1.29, 1.82) is 0 Å². The van der Waals surface area contributed by atoms with E-state index in [1.165, 1.54) is 11.1 Å². The molecule has 0 amide bonds. The van der Waals surface area contributed by atoms with Crippen molar-refractivity contribution < 1.29 is 4.74 Å². The first-order valence-electron chi connectivity index (χ1n) is 9.90. The molecule has 28 heavy (non-hydrogen) atoms. The number of H-pyrrole nitrogens is 1. The van der Waals surface area contributed by atoms with E-state index in [0.29, 0.717) is 5.95 Å². The van der Waals surface area contributed by atoms with Gasteiger partial charge in [-0.25, -0.2) is 0 Å². The maximum absolute atomic E-state index is 5.68. The molecule has 6 nitrogen and oxygen atoms in total. The monoisotopic (exact) mass is 379 g/mol. The first kappa shape index (κ1) is 18.7. The normalized spacial score (nSPS) is 16.3. The topological polar surface area (TPSA) is 66.1 Å². The van der Waals surface area contributed by atoms with Crippen molar-refractivity contribution in [2.24, 2.45) is 0 Å². The van der Waals surface area contributed by atoms with Gasteiger partial charge >= 0.3 is 0 Å².